The second-order valence-corrected chi connectivity index (χ2v) is 9.07. The third kappa shape index (κ3) is 11.4. The lowest BCUT2D eigenvalue weighted by molar-refractivity contribution is -0.144. The van der Waals surface area contributed by atoms with E-state index in [0.717, 1.165) is 5.56 Å². The fourth-order valence-corrected chi connectivity index (χ4v) is 3.54. The van der Waals surface area contributed by atoms with Crippen LogP contribution in [0.2, 0.25) is 0 Å². The van der Waals surface area contributed by atoms with Crippen molar-refractivity contribution >= 4 is 35.6 Å². The third-order valence-corrected chi connectivity index (χ3v) is 6.00. The van der Waals surface area contributed by atoms with Crippen molar-refractivity contribution in [1.29, 1.82) is 0 Å². The largest absolute Gasteiger partial charge is 0.481 e. The van der Waals surface area contributed by atoms with E-state index in [1.54, 1.807) is 44.2 Å². The van der Waals surface area contributed by atoms with Crippen LogP contribution < -0.4 is 27.4 Å². The molecule has 0 saturated heterocycles. The van der Waals surface area contributed by atoms with Gasteiger partial charge in [-0.3, -0.25) is 24.0 Å². The van der Waals surface area contributed by atoms with Gasteiger partial charge in [-0.05, 0) is 30.7 Å². The second-order valence-electron chi connectivity index (χ2n) is 9.07. The van der Waals surface area contributed by atoms with Crippen molar-refractivity contribution in [3.05, 3.63) is 35.9 Å². The summed E-state index contributed by atoms with van der Waals surface area (Å²) in [5.74, 6) is -6.16. The Morgan fingerprint density at radius 1 is 0.842 bits per heavy atom. The van der Waals surface area contributed by atoms with Gasteiger partial charge in [0, 0.05) is 12.8 Å². The van der Waals surface area contributed by atoms with E-state index >= 15 is 0 Å². The number of nitrogens with two attached hydrogens (primary N) is 2. The number of primary amides is 1. The average molecular weight is 536 g/mol. The van der Waals surface area contributed by atoms with Gasteiger partial charge in [0.2, 0.25) is 23.6 Å². The zero-order chi connectivity index (χ0) is 28.8. The van der Waals surface area contributed by atoms with E-state index in [2.05, 4.69) is 16.0 Å². The fourth-order valence-electron chi connectivity index (χ4n) is 3.54. The summed E-state index contributed by atoms with van der Waals surface area (Å²) in [4.78, 5) is 72.8. The van der Waals surface area contributed by atoms with E-state index in [1.807, 2.05) is 0 Å². The van der Waals surface area contributed by atoms with Crippen LogP contribution in [0.3, 0.4) is 0 Å². The highest BCUT2D eigenvalue weighted by atomic mass is 16.4. The van der Waals surface area contributed by atoms with Crippen LogP contribution in [0, 0.1) is 5.92 Å². The Bertz CT molecular complexity index is 987. The molecule has 13 heteroatoms. The predicted octanol–water partition coefficient (Wildman–Crippen LogP) is -0.728. The number of hydrogen-bond acceptors (Lipinski definition) is 7. The van der Waals surface area contributed by atoms with Crippen LogP contribution >= 0.6 is 0 Å². The summed E-state index contributed by atoms with van der Waals surface area (Å²) in [7, 11) is 0. The molecule has 0 aromatic heterocycles. The van der Waals surface area contributed by atoms with Gasteiger partial charge in [-0.2, -0.15) is 0 Å². The van der Waals surface area contributed by atoms with Gasteiger partial charge in [-0.15, -0.1) is 0 Å². The monoisotopic (exact) mass is 535 g/mol. The molecule has 5 unspecified atom stereocenters. The summed E-state index contributed by atoms with van der Waals surface area (Å²) < 4.78 is 0. The van der Waals surface area contributed by atoms with Crippen LogP contribution in [0.5, 0.6) is 0 Å². The first-order chi connectivity index (χ1) is 17.8. The number of aliphatic carboxylic acids is 2. The number of carbonyl (C=O) groups is 6. The summed E-state index contributed by atoms with van der Waals surface area (Å²) in [5, 5.41) is 25.7. The maximum atomic E-state index is 13.1. The average Bonchev–Trinajstić information content (AvgIpc) is 2.86. The number of carboxylic acids is 2. The highest BCUT2D eigenvalue weighted by molar-refractivity contribution is 5.94. The Labute approximate surface area is 220 Å². The van der Waals surface area contributed by atoms with E-state index in [1.165, 1.54) is 0 Å². The minimum absolute atomic E-state index is 0.173. The molecular weight excluding hydrogens is 498 g/mol. The Balaban J connectivity index is 3.05. The minimum atomic E-state index is -1.42. The van der Waals surface area contributed by atoms with Crippen molar-refractivity contribution in [2.75, 3.05) is 0 Å². The van der Waals surface area contributed by atoms with Crippen molar-refractivity contribution in [1.82, 2.24) is 16.0 Å². The second kappa shape index (κ2) is 16.0. The normalized spacial score (nSPS) is 14.7. The van der Waals surface area contributed by atoms with Gasteiger partial charge in [0.05, 0.1) is 6.04 Å². The Hall–Kier alpha value is -4.00. The molecule has 0 aliphatic heterocycles. The van der Waals surface area contributed by atoms with E-state index in [4.69, 9.17) is 16.6 Å². The molecule has 1 aromatic carbocycles. The first-order valence-electron chi connectivity index (χ1n) is 12.3. The number of amides is 4. The number of nitrogens with one attached hydrogen (secondary N) is 3. The molecule has 0 spiro atoms. The van der Waals surface area contributed by atoms with Crippen molar-refractivity contribution in [3.63, 3.8) is 0 Å². The number of carbonyl (C=O) groups excluding carboxylic acids is 4. The SMILES string of the molecule is CCC(C)C(NC(=O)C(CCC(=O)O)NC(=O)C(CCC(N)=O)NC(=O)C(N)Cc1ccccc1)C(=O)O. The van der Waals surface area contributed by atoms with Crippen LogP contribution in [0.25, 0.3) is 0 Å². The topological polar surface area (TPSA) is 231 Å². The van der Waals surface area contributed by atoms with Gasteiger partial charge in [-0.1, -0.05) is 50.6 Å². The number of benzene rings is 1. The Morgan fingerprint density at radius 2 is 1.37 bits per heavy atom. The van der Waals surface area contributed by atoms with Gasteiger partial charge in [0.15, 0.2) is 0 Å². The molecule has 210 valence electrons. The lowest BCUT2D eigenvalue weighted by atomic mass is 9.98. The third-order valence-electron chi connectivity index (χ3n) is 6.00. The predicted molar refractivity (Wildman–Crippen MR) is 136 cm³/mol. The molecule has 4 amide bonds. The van der Waals surface area contributed by atoms with Crippen LogP contribution in [-0.2, 0) is 35.2 Å². The lowest BCUT2D eigenvalue weighted by Gasteiger charge is -2.26. The molecule has 0 heterocycles. The van der Waals surface area contributed by atoms with Gasteiger partial charge in [0.1, 0.15) is 18.1 Å². The Morgan fingerprint density at radius 3 is 1.87 bits per heavy atom. The number of hydrogen-bond donors (Lipinski definition) is 7. The molecule has 0 aliphatic carbocycles. The molecule has 9 N–H and O–H groups in total. The highest BCUT2D eigenvalue weighted by Gasteiger charge is 2.32. The molecule has 0 fully saturated rings. The standard InChI is InChI=1S/C25H37N5O8/c1-3-14(2)21(25(37)38)30-24(36)18(10-12-20(32)33)29-23(35)17(9-11-19(27)31)28-22(34)16(26)13-15-7-5-4-6-8-15/h4-8,14,16-18,21H,3,9-13,26H2,1-2H3,(H2,27,31)(H,28,34)(H,29,35)(H,30,36)(H,32,33)(H,37,38). The highest BCUT2D eigenvalue weighted by Crippen LogP contribution is 2.10. The summed E-state index contributed by atoms with van der Waals surface area (Å²) in [6.45, 7) is 3.36. The first-order valence-corrected chi connectivity index (χ1v) is 12.3. The fraction of sp³-hybridized carbons (Fsp3) is 0.520. The van der Waals surface area contributed by atoms with Crippen molar-refractivity contribution in [2.45, 2.75) is 76.5 Å². The summed E-state index contributed by atoms with van der Waals surface area (Å²) in [5.41, 5.74) is 12.0. The van der Waals surface area contributed by atoms with E-state index in [0.29, 0.717) is 6.42 Å². The maximum absolute atomic E-state index is 13.1. The zero-order valence-electron chi connectivity index (χ0n) is 21.5. The molecule has 1 aromatic rings. The van der Waals surface area contributed by atoms with Gasteiger partial charge in [0.25, 0.3) is 0 Å². The zero-order valence-corrected chi connectivity index (χ0v) is 21.5. The van der Waals surface area contributed by atoms with Crippen LogP contribution in [0.15, 0.2) is 30.3 Å². The Kier molecular flexibility index (Phi) is 13.5. The van der Waals surface area contributed by atoms with Crippen LogP contribution in [0.1, 0.15) is 51.5 Å². The lowest BCUT2D eigenvalue weighted by Crippen LogP contribution is -2.58. The quantitative estimate of drug-likeness (QED) is 0.133. The van der Waals surface area contributed by atoms with Gasteiger partial charge >= 0.3 is 11.9 Å². The smallest absolute Gasteiger partial charge is 0.326 e. The molecule has 5 atom stereocenters. The molecule has 38 heavy (non-hydrogen) atoms. The van der Waals surface area contributed by atoms with Gasteiger partial charge in [-0.25, -0.2) is 4.79 Å². The molecule has 0 saturated carbocycles. The van der Waals surface area contributed by atoms with Crippen LogP contribution in [0.4, 0.5) is 0 Å². The summed E-state index contributed by atoms with van der Waals surface area (Å²) in [6, 6.07) is 3.88. The van der Waals surface area contributed by atoms with E-state index in [-0.39, 0.29) is 25.7 Å². The first kappa shape index (κ1) is 32.0. The van der Waals surface area contributed by atoms with Gasteiger partial charge < -0.3 is 37.6 Å². The van der Waals surface area contributed by atoms with E-state index in [9.17, 15) is 33.9 Å². The van der Waals surface area contributed by atoms with Crippen molar-refractivity contribution < 1.29 is 39.0 Å². The van der Waals surface area contributed by atoms with Crippen LogP contribution in [-0.4, -0.2) is 69.9 Å². The number of rotatable bonds is 17. The molecule has 0 aliphatic rings. The molecular formula is C25H37N5O8. The molecule has 0 radical (unpaired) electrons. The molecule has 13 nitrogen and oxygen atoms in total. The minimum Gasteiger partial charge on any atom is -0.481 e. The number of carboxylic acid groups (broad SMARTS) is 2. The molecule has 1 rings (SSSR count). The van der Waals surface area contributed by atoms with Crippen molar-refractivity contribution in [2.24, 2.45) is 17.4 Å². The summed E-state index contributed by atoms with van der Waals surface area (Å²) in [6.07, 6.45) is -0.708. The van der Waals surface area contributed by atoms with E-state index < -0.39 is 72.1 Å². The maximum Gasteiger partial charge on any atom is 0.326 e. The van der Waals surface area contributed by atoms with Crippen molar-refractivity contribution in [3.8, 4) is 0 Å². The summed E-state index contributed by atoms with van der Waals surface area (Å²) >= 11 is 0. The molecule has 0 bridgehead atoms.